The average molecular weight is 216 g/mol. The van der Waals surface area contributed by atoms with E-state index in [9.17, 15) is 22.4 Å². The predicted molar refractivity (Wildman–Crippen MR) is 36.3 cm³/mol. The summed E-state index contributed by atoms with van der Waals surface area (Å²) < 4.78 is 50.5. The van der Waals surface area contributed by atoms with Gasteiger partial charge in [-0.2, -0.15) is 17.6 Å². The summed E-state index contributed by atoms with van der Waals surface area (Å²) >= 11 is 0. The molecule has 0 bridgehead atoms. The Hall–Kier alpha value is -0.850. The maximum Gasteiger partial charge on any atom is 0.326 e. The van der Waals surface area contributed by atoms with E-state index >= 15 is 0 Å². The summed E-state index contributed by atoms with van der Waals surface area (Å²) in [5.74, 6) is -10.9. The highest BCUT2D eigenvalue weighted by Gasteiger charge is 2.83. The molecule has 0 aromatic heterocycles. The molecule has 3 nitrogen and oxygen atoms in total. The number of hydrogen-bond donors (Lipinski definition) is 2. The molecule has 1 aliphatic carbocycles. The van der Waals surface area contributed by atoms with Crippen molar-refractivity contribution in [2.75, 3.05) is 6.61 Å². The van der Waals surface area contributed by atoms with Gasteiger partial charge in [0.15, 0.2) is 0 Å². The first-order chi connectivity index (χ1) is 6.21. The largest absolute Gasteiger partial charge is 0.481 e. The second-order valence-electron chi connectivity index (χ2n) is 3.32. The first-order valence-corrected chi connectivity index (χ1v) is 3.81. The Morgan fingerprint density at radius 3 is 2.00 bits per heavy atom. The molecule has 0 radical (unpaired) electrons. The molecule has 82 valence electrons. The van der Waals surface area contributed by atoms with E-state index in [1.54, 1.807) is 0 Å². The van der Waals surface area contributed by atoms with E-state index in [-0.39, 0.29) is 0 Å². The number of aliphatic hydroxyl groups is 1. The third kappa shape index (κ3) is 1.05. The Morgan fingerprint density at radius 2 is 1.79 bits per heavy atom. The van der Waals surface area contributed by atoms with Crippen molar-refractivity contribution in [3.63, 3.8) is 0 Å². The highest BCUT2D eigenvalue weighted by atomic mass is 19.3. The van der Waals surface area contributed by atoms with Crippen LogP contribution in [0.5, 0.6) is 0 Å². The van der Waals surface area contributed by atoms with Crippen molar-refractivity contribution in [2.45, 2.75) is 24.7 Å². The molecule has 14 heavy (non-hydrogen) atoms. The quantitative estimate of drug-likeness (QED) is 0.695. The van der Waals surface area contributed by atoms with E-state index < -0.39 is 42.7 Å². The fraction of sp³-hybridized carbons (Fsp3) is 0.857. The van der Waals surface area contributed by atoms with Gasteiger partial charge in [0, 0.05) is 13.0 Å². The molecule has 7 heteroatoms. The van der Waals surface area contributed by atoms with Gasteiger partial charge >= 0.3 is 17.8 Å². The highest BCUT2D eigenvalue weighted by molar-refractivity contribution is 5.78. The maximum atomic E-state index is 12.8. The predicted octanol–water partition coefficient (Wildman–Crippen LogP) is 1.11. The molecule has 1 atom stereocenters. The third-order valence-electron chi connectivity index (χ3n) is 2.53. The van der Waals surface area contributed by atoms with E-state index in [0.717, 1.165) is 0 Å². The van der Waals surface area contributed by atoms with Crippen molar-refractivity contribution >= 4 is 5.97 Å². The third-order valence-corrected chi connectivity index (χ3v) is 2.53. The molecule has 1 rings (SSSR count). The van der Waals surface area contributed by atoms with Crippen LogP contribution < -0.4 is 0 Å². The van der Waals surface area contributed by atoms with E-state index in [0.29, 0.717) is 0 Å². The molecule has 1 saturated carbocycles. The lowest BCUT2D eigenvalue weighted by molar-refractivity contribution is -0.351. The van der Waals surface area contributed by atoms with Crippen molar-refractivity contribution in [1.29, 1.82) is 0 Å². The number of aliphatic hydroxyl groups excluding tert-OH is 1. The Kier molecular flexibility index (Phi) is 2.26. The molecular weight excluding hydrogens is 208 g/mol. The van der Waals surface area contributed by atoms with Gasteiger partial charge in [0.25, 0.3) is 0 Å². The minimum absolute atomic E-state index is 0.863. The average Bonchev–Trinajstić information content (AvgIpc) is 2.02. The molecule has 0 aromatic rings. The lowest BCUT2D eigenvalue weighted by atomic mass is 9.60. The van der Waals surface area contributed by atoms with Crippen LogP contribution in [0, 0.1) is 5.41 Å². The minimum atomic E-state index is -4.59. The normalized spacial score (nSPS) is 33.5. The first kappa shape index (κ1) is 11.2. The van der Waals surface area contributed by atoms with Crippen LogP contribution in [0.3, 0.4) is 0 Å². The summed E-state index contributed by atoms with van der Waals surface area (Å²) in [6, 6.07) is 0. The molecule has 1 aliphatic rings. The van der Waals surface area contributed by atoms with Crippen LogP contribution in [0.4, 0.5) is 17.6 Å². The number of rotatable bonds is 3. The standard InChI is InChI=1S/C7H8F4O3/c8-6(9)3-5(1-2-12,4(13)14)7(6,10)11/h12H,1-3H2,(H,13,14). The van der Waals surface area contributed by atoms with Crippen LogP contribution in [-0.4, -0.2) is 34.6 Å². The van der Waals surface area contributed by atoms with Crippen molar-refractivity contribution in [3.05, 3.63) is 0 Å². The summed E-state index contributed by atoms with van der Waals surface area (Å²) in [6.45, 7) is -0.863. The second kappa shape index (κ2) is 2.82. The molecule has 0 aromatic carbocycles. The van der Waals surface area contributed by atoms with Gasteiger partial charge in [0.2, 0.25) is 0 Å². The maximum absolute atomic E-state index is 12.8. The molecule has 0 amide bonds. The van der Waals surface area contributed by atoms with Crippen molar-refractivity contribution in [1.82, 2.24) is 0 Å². The molecule has 1 fully saturated rings. The SMILES string of the molecule is O=C(O)C1(CCO)CC(F)(F)C1(F)F. The monoisotopic (exact) mass is 216 g/mol. The van der Waals surface area contributed by atoms with Gasteiger partial charge in [-0.1, -0.05) is 0 Å². The molecule has 0 spiro atoms. The van der Waals surface area contributed by atoms with Gasteiger partial charge < -0.3 is 10.2 Å². The van der Waals surface area contributed by atoms with Gasteiger partial charge in [0.05, 0.1) is 0 Å². The molecular formula is C7H8F4O3. The molecule has 1 unspecified atom stereocenters. The van der Waals surface area contributed by atoms with Crippen molar-refractivity contribution < 1.29 is 32.6 Å². The van der Waals surface area contributed by atoms with E-state index in [1.807, 2.05) is 0 Å². The minimum Gasteiger partial charge on any atom is -0.481 e. The van der Waals surface area contributed by atoms with Gasteiger partial charge in [-0.05, 0) is 6.42 Å². The van der Waals surface area contributed by atoms with Crippen LogP contribution in [0.15, 0.2) is 0 Å². The first-order valence-electron chi connectivity index (χ1n) is 3.81. The highest BCUT2D eigenvalue weighted by Crippen LogP contribution is 2.64. The molecule has 2 N–H and O–H groups in total. The smallest absolute Gasteiger partial charge is 0.326 e. The number of carboxylic acids is 1. The number of aliphatic carboxylic acids is 1. The van der Waals surface area contributed by atoms with E-state index in [1.165, 1.54) is 0 Å². The van der Waals surface area contributed by atoms with Crippen LogP contribution in [0.1, 0.15) is 12.8 Å². The van der Waals surface area contributed by atoms with Crippen LogP contribution in [0.25, 0.3) is 0 Å². The van der Waals surface area contributed by atoms with Crippen LogP contribution in [0.2, 0.25) is 0 Å². The number of carboxylic acid groups (broad SMARTS) is 1. The van der Waals surface area contributed by atoms with Crippen LogP contribution in [-0.2, 0) is 4.79 Å². The second-order valence-corrected chi connectivity index (χ2v) is 3.32. The Morgan fingerprint density at radius 1 is 1.29 bits per heavy atom. The Labute approximate surface area is 76.3 Å². The Bertz CT molecular complexity index is 266. The van der Waals surface area contributed by atoms with Crippen LogP contribution >= 0.6 is 0 Å². The van der Waals surface area contributed by atoms with E-state index in [4.69, 9.17) is 10.2 Å². The number of halogens is 4. The zero-order valence-electron chi connectivity index (χ0n) is 6.94. The molecule has 0 saturated heterocycles. The number of carbonyl (C=O) groups is 1. The fourth-order valence-electron chi connectivity index (χ4n) is 1.60. The van der Waals surface area contributed by atoms with Gasteiger partial charge in [-0.3, -0.25) is 4.79 Å². The van der Waals surface area contributed by atoms with E-state index in [2.05, 4.69) is 0 Å². The summed E-state index contributed by atoms with van der Waals surface area (Å²) in [6.07, 6.45) is -2.30. The zero-order chi connectivity index (χ0) is 11.2. The molecule has 0 heterocycles. The number of hydrogen-bond acceptors (Lipinski definition) is 2. The van der Waals surface area contributed by atoms with Gasteiger partial charge in [-0.15, -0.1) is 0 Å². The summed E-state index contributed by atoms with van der Waals surface area (Å²) in [4.78, 5) is 10.5. The zero-order valence-corrected chi connectivity index (χ0v) is 6.94. The van der Waals surface area contributed by atoms with Crippen molar-refractivity contribution in [3.8, 4) is 0 Å². The topological polar surface area (TPSA) is 57.5 Å². The number of alkyl halides is 4. The molecule has 0 aliphatic heterocycles. The van der Waals surface area contributed by atoms with Gasteiger partial charge in [-0.25, -0.2) is 0 Å². The summed E-state index contributed by atoms with van der Waals surface area (Å²) in [5.41, 5.74) is -2.81. The Balaban J connectivity index is 3.01. The van der Waals surface area contributed by atoms with Crippen molar-refractivity contribution in [2.24, 2.45) is 5.41 Å². The lowest BCUT2D eigenvalue weighted by Crippen LogP contribution is -2.70. The fourth-order valence-corrected chi connectivity index (χ4v) is 1.60. The lowest BCUT2D eigenvalue weighted by Gasteiger charge is -2.50. The van der Waals surface area contributed by atoms with Gasteiger partial charge in [0.1, 0.15) is 5.41 Å². The summed E-state index contributed by atoms with van der Waals surface area (Å²) in [7, 11) is 0. The summed E-state index contributed by atoms with van der Waals surface area (Å²) in [5, 5.41) is 16.8.